The normalized spacial score (nSPS) is 18.4. The molecule has 0 saturated heterocycles. The smallest absolute Gasteiger partial charge is 0.227 e. The second-order valence-electron chi connectivity index (χ2n) is 9.79. The van der Waals surface area contributed by atoms with Gasteiger partial charge >= 0.3 is 0 Å². The molecule has 1 N–H and O–H groups in total. The summed E-state index contributed by atoms with van der Waals surface area (Å²) in [6.07, 6.45) is 1.20. The third-order valence-corrected chi connectivity index (χ3v) is 7.28. The first-order valence-corrected chi connectivity index (χ1v) is 12.9. The molecule has 1 aliphatic carbocycles. The minimum Gasteiger partial charge on any atom is -0.493 e. The molecule has 188 valence electrons. The molecule has 1 unspecified atom stereocenters. The lowest BCUT2D eigenvalue weighted by molar-refractivity contribution is -0.118. The lowest BCUT2D eigenvalue weighted by Crippen LogP contribution is -2.36. The molecule has 7 nitrogen and oxygen atoms in total. The van der Waals surface area contributed by atoms with Crippen LogP contribution in [-0.4, -0.2) is 34.3 Å². The lowest BCUT2D eigenvalue weighted by atomic mass is 9.73. The summed E-state index contributed by atoms with van der Waals surface area (Å²) in [7, 11) is 1.60. The van der Waals surface area contributed by atoms with E-state index in [1.165, 1.54) is 23.9 Å². The predicted molar refractivity (Wildman–Crippen MR) is 137 cm³/mol. The summed E-state index contributed by atoms with van der Waals surface area (Å²) in [5.41, 5.74) is 3.16. The zero-order valence-electron chi connectivity index (χ0n) is 20.8. The van der Waals surface area contributed by atoms with Crippen molar-refractivity contribution in [3.05, 3.63) is 70.7 Å². The maximum Gasteiger partial charge on any atom is 0.227 e. The van der Waals surface area contributed by atoms with E-state index in [9.17, 15) is 9.18 Å². The van der Waals surface area contributed by atoms with Crippen LogP contribution >= 0.6 is 11.8 Å². The first kappa shape index (κ1) is 24.4. The average Bonchev–Trinajstić information content (AvgIpc) is 3.23. The van der Waals surface area contributed by atoms with Crippen molar-refractivity contribution in [2.45, 2.75) is 50.6 Å². The van der Waals surface area contributed by atoms with Crippen LogP contribution in [0.4, 0.5) is 10.3 Å². The first-order valence-electron chi connectivity index (χ1n) is 12.0. The monoisotopic (exact) mass is 508 g/mol. The Hall–Kier alpha value is -3.33. The number of fused-ring (bicyclic) bond motifs is 1. The molecule has 0 fully saturated rings. The molecule has 0 spiro atoms. The largest absolute Gasteiger partial charge is 0.493 e. The average molecular weight is 509 g/mol. The highest BCUT2D eigenvalue weighted by Gasteiger charge is 2.42. The van der Waals surface area contributed by atoms with Crippen LogP contribution in [0.5, 0.6) is 11.5 Å². The SMILES string of the molecule is CCOc1ccc(C2C3=C(CC(C)(C)CC3=O)Nc3nc(SCc4cccc(F)c4)nn32)cc1OC. The molecule has 1 aliphatic heterocycles. The van der Waals surface area contributed by atoms with Crippen molar-refractivity contribution in [1.29, 1.82) is 0 Å². The first-order chi connectivity index (χ1) is 17.3. The van der Waals surface area contributed by atoms with E-state index in [0.717, 1.165) is 23.2 Å². The Morgan fingerprint density at radius 2 is 2.03 bits per heavy atom. The molecule has 9 heteroatoms. The molecule has 1 atom stereocenters. The molecule has 3 aromatic rings. The van der Waals surface area contributed by atoms with E-state index in [1.807, 2.05) is 31.2 Å². The van der Waals surface area contributed by atoms with Gasteiger partial charge in [-0.3, -0.25) is 4.79 Å². The van der Waals surface area contributed by atoms with Gasteiger partial charge in [0.05, 0.1) is 13.7 Å². The lowest BCUT2D eigenvalue weighted by Gasteiger charge is -2.38. The number of halogens is 1. The van der Waals surface area contributed by atoms with Gasteiger partial charge in [-0.15, -0.1) is 5.10 Å². The van der Waals surface area contributed by atoms with Crippen molar-refractivity contribution in [3.8, 4) is 11.5 Å². The Morgan fingerprint density at radius 1 is 1.19 bits per heavy atom. The number of aromatic nitrogens is 3. The summed E-state index contributed by atoms with van der Waals surface area (Å²) < 4.78 is 26.7. The minimum absolute atomic E-state index is 0.0988. The topological polar surface area (TPSA) is 78.3 Å². The number of ether oxygens (including phenoxy) is 2. The van der Waals surface area contributed by atoms with E-state index >= 15 is 0 Å². The molecule has 0 saturated carbocycles. The van der Waals surface area contributed by atoms with Crippen molar-refractivity contribution < 1.29 is 18.7 Å². The van der Waals surface area contributed by atoms with Gasteiger partial charge in [-0.1, -0.05) is 43.8 Å². The number of hydrogen-bond acceptors (Lipinski definition) is 7. The van der Waals surface area contributed by atoms with Crippen molar-refractivity contribution >= 4 is 23.5 Å². The third-order valence-electron chi connectivity index (χ3n) is 6.37. The van der Waals surface area contributed by atoms with Gasteiger partial charge in [0.25, 0.3) is 0 Å². The standard InChI is InChI=1S/C27H29FN4O3S/c1-5-35-21-10-9-17(12-22(21)34-4)24-23-19(13-27(2,3)14-20(23)33)29-25-30-26(31-32(24)25)36-15-16-7-6-8-18(28)11-16/h6-12,24H,5,13-15H2,1-4H3,(H,29,30,31). The summed E-state index contributed by atoms with van der Waals surface area (Å²) in [4.78, 5) is 18.2. The molecule has 2 aliphatic rings. The minimum atomic E-state index is -0.444. The fourth-order valence-corrected chi connectivity index (χ4v) is 5.63. The number of hydrogen-bond donors (Lipinski definition) is 1. The number of carbonyl (C=O) groups is 1. The number of ketones is 1. The van der Waals surface area contributed by atoms with E-state index in [0.29, 0.717) is 47.0 Å². The number of anilines is 1. The summed E-state index contributed by atoms with van der Waals surface area (Å²) in [5, 5.41) is 8.72. The predicted octanol–water partition coefficient (Wildman–Crippen LogP) is 5.77. The second kappa shape index (κ2) is 9.61. The van der Waals surface area contributed by atoms with Crippen LogP contribution in [0, 0.1) is 11.2 Å². The maximum atomic E-state index is 13.6. The van der Waals surface area contributed by atoms with Gasteiger partial charge in [0.2, 0.25) is 11.1 Å². The van der Waals surface area contributed by atoms with E-state index in [2.05, 4.69) is 19.2 Å². The number of nitrogens with one attached hydrogen (secondary N) is 1. The highest BCUT2D eigenvalue weighted by Crippen LogP contribution is 2.46. The molecule has 0 bridgehead atoms. The van der Waals surface area contributed by atoms with E-state index in [1.54, 1.807) is 17.9 Å². The van der Waals surface area contributed by atoms with Crippen molar-refractivity contribution in [2.24, 2.45) is 5.41 Å². The number of rotatable bonds is 7. The Kier molecular flexibility index (Phi) is 6.51. The Bertz CT molecular complexity index is 1350. The molecule has 5 rings (SSSR count). The fourth-order valence-electron chi connectivity index (χ4n) is 4.86. The van der Waals surface area contributed by atoms with Gasteiger partial charge in [0, 0.05) is 23.4 Å². The van der Waals surface area contributed by atoms with Crippen molar-refractivity contribution in [1.82, 2.24) is 14.8 Å². The molecule has 0 amide bonds. The molecule has 2 aromatic carbocycles. The number of Topliss-reactive ketones (excluding diaryl/α,β-unsaturated/α-hetero) is 1. The highest BCUT2D eigenvalue weighted by atomic mass is 32.2. The number of nitrogens with zero attached hydrogens (tertiary/aromatic N) is 3. The molecule has 36 heavy (non-hydrogen) atoms. The summed E-state index contributed by atoms with van der Waals surface area (Å²) in [6, 6.07) is 11.8. The van der Waals surface area contributed by atoms with Gasteiger partial charge < -0.3 is 14.8 Å². The van der Waals surface area contributed by atoms with Crippen LogP contribution in [0.1, 0.15) is 50.8 Å². The van der Waals surface area contributed by atoms with Crippen LogP contribution in [0.3, 0.4) is 0 Å². The number of carbonyl (C=O) groups excluding carboxylic acids is 1. The molecule has 2 heterocycles. The zero-order valence-corrected chi connectivity index (χ0v) is 21.6. The van der Waals surface area contributed by atoms with Crippen LogP contribution in [0.2, 0.25) is 0 Å². The van der Waals surface area contributed by atoms with Crippen LogP contribution in [0.15, 0.2) is 58.9 Å². The Balaban J connectivity index is 1.55. The third kappa shape index (κ3) is 4.72. The zero-order chi connectivity index (χ0) is 25.4. The van der Waals surface area contributed by atoms with Gasteiger partial charge in [0.1, 0.15) is 11.9 Å². The number of thioether (sulfide) groups is 1. The van der Waals surface area contributed by atoms with E-state index in [-0.39, 0.29) is 17.0 Å². The quantitative estimate of drug-likeness (QED) is 0.406. The number of allylic oxidation sites excluding steroid dienone is 2. The summed E-state index contributed by atoms with van der Waals surface area (Å²) in [6.45, 7) is 6.64. The molecule has 0 radical (unpaired) electrons. The molecular formula is C27H29FN4O3S. The summed E-state index contributed by atoms with van der Waals surface area (Å²) >= 11 is 1.43. The van der Waals surface area contributed by atoms with Gasteiger partial charge in [0.15, 0.2) is 17.3 Å². The van der Waals surface area contributed by atoms with Crippen LogP contribution in [0.25, 0.3) is 0 Å². The molecular weight excluding hydrogens is 479 g/mol. The van der Waals surface area contributed by atoms with Gasteiger partial charge in [-0.05, 0) is 54.2 Å². The van der Waals surface area contributed by atoms with Crippen molar-refractivity contribution in [3.63, 3.8) is 0 Å². The van der Waals surface area contributed by atoms with Crippen LogP contribution in [-0.2, 0) is 10.5 Å². The molecule has 1 aromatic heterocycles. The number of methoxy groups -OCH3 is 1. The number of benzene rings is 2. The van der Waals surface area contributed by atoms with E-state index in [4.69, 9.17) is 19.6 Å². The van der Waals surface area contributed by atoms with E-state index < -0.39 is 6.04 Å². The summed E-state index contributed by atoms with van der Waals surface area (Å²) in [5.74, 6) is 2.19. The second-order valence-corrected chi connectivity index (χ2v) is 10.7. The van der Waals surface area contributed by atoms with Gasteiger partial charge in [-0.2, -0.15) is 4.98 Å². The highest BCUT2D eigenvalue weighted by molar-refractivity contribution is 7.98. The fraction of sp³-hybridized carbons (Fsp3) is 0.370. The van der Waals surface area contributed by atoms with Gasteiger partial charge in [-0.25, -0.2) is 9.07 Å². The van der Waals surface area contributed by atoms with Crippen LogP contribution < -0.4 is 14.8 Å². The maximum absolute atomic E-state index is 13.6. The Morgan fingerprint density at radius 3 is 2.78 bits per heavy atom. The van der Waals surface area contributed by atoms with Crippen molar-refractivity contribution in [2.75, 3.05) is 19.0 Å². The Labute approximate surface area is 214 Å².